The SMILES string of the molecule is C=C[C@@H]1C[C@@]12NC(=O)[C@@H]1C[C@@H](OC(=O)N3Cc4ccc(N(C)C)cc4C3)CN1C(=O)[C@@H](NS(=O)(=O)c1ccccc1[N+](=O)[O-])CCCCCCCCN(C)S(=O)(=O)NC2=O.C=C[C@@H]1C[C@]1(NC(=O)[C@@H]1C[C@@H](OC(=O)N2Cc3ccc(N(C)C)cc3C2)CN1)C(=O)NS(=O)(=O)N(C)CCCCCCCC[C@H](NS(=O)(=O)c1ccccc1[N+](=O)[O-])C(=O)O. The molecule has 1 spiro atoms. The van der Waals surface area contributed by atoms with E-state index in [2.05, 4.69) is 43.3 Å². The number of sulfonamides is 2. The summed E-state index contributed by atoms with van der Waals surface area (Å²) in [6, 6.07) is 16.0. The molecule has 10 atom stereocenters. The van der Waals surface area contributed by atoms with Crippen molar-refractivity contribution in [2.75, 3.05) is 78.3 Å². The van der Waals surface area contributed by atoms with E-state index < -0.39 is 178 Å². The van der Waals surface area contributed by atoms with E-state index in [0.717, 1.165) is 71.4 Å². The van der Waals surface area contributed by atoms with Gasteiger partial charge in [-0.25, -0.2) is 35.9 Å². The lowest BCUT2D eigenvalue weighted by atomic mass is 10.0. The molecule has 121 heavy (non-hydrogen) atoms. The van der Waals surface area contributed by atoms with Crippen LogP contribution in [0.2, 0.25) is 0 Å². The Morgan fingerprint density at radius 2 is 1.21 bits per heavy atom. The Labute approximate surface area is 703 Å². The van der Waals surface area contributed by atoms with Crippen LogP contribution in [0.5, 0.6) is 0 Å². The summed E-state index contributed by atoms with van der Waals surface area (Å²) >= 11 is 0. The fraction of sp³-hybridized carbons (Fsp3) is 0.538. The van der Waals surface area contributed by atoms with Gasteiger partial charge in [0.25, 0.3) is 23.2 Å². The number of nitrogens with one attached hydrogen (secondary N) is 7. The predicted octanol–water partition coefficient (Wildman–Crippen LogP) is 4.89. The van der Waals surface area contributed by atoms with E-state index in [1.165, 1.54) is 55.4 Å². The van der Waals surface area contributed by atoms with Gasteiger partial charge in [0.2, 0.25) is 37.8 Å². The van der Waals surface area contributed by atoms with Crippen molar-refractivity contribution in [1.29, 1.82) is 0 Å². The van der Waals surface area contributed by atoms with Gasteiger partial charge in [0.15, 0.2) is 9.79 Å². The molecule has 0 radical (unpaired) electrons. The molecular formula is C78H106N16O23S4. The van der Waals surface area contributed by atoms with Crippen LogP contribution in [0.1, 0.15) is 138 Å². The molecule has 0 unspecified atom stereocenters. The van der Waals surface area contributed by atoms with Gasteiger partial charge in [-0.3, -0.25) is 58.8 Å². The van der Waals surface area contributed by atoms with Crippen LogP contribution in [0.15, 0.2) is 120 Å². The molecule has 11 rings (SSSR count). The average molecular weight is 1760 g/mol. The average Bonchev–Trinajstić information content (AvgIpc) is 1.58. The van der Waals surface area contributed by atoms with Gasteiger partial charge in [-0.05, 0) is 97.2 Å². The summed E-state index contributed by atoms with van der Waals surface area (Å²) in [6.07, 6.45) is 6.70. The number of hydrogen-bond acceptors (Lipinski definition) is 25. The first kappa shape index (κ1) is 93.0. The van der Waals surface area contributed by atoms with Crippen LogP contribution in [0.4, 0.5) is 32.3 Å². The molecule has 43 heteroatoms. The zero-order valence-electron chi connectivity index (χ0n) is 68.2. The minimum atomic E-state index is -4.69. The number of hydrogen-bond donors (Lipinski definition) is 8. The van der Waals surface area contributed by atoms with Crippen molar-refractivity contribution in [1.82, 2.24) is 58.1 Å². The molecule has 4 aromatic carbocycles. The highest BCUT2D eigenvalue weighted by atomic mass is 32.2. The van der Waals surface area contributed by atoms with Crippen LogP contribution < -0.4 is 44.6 Å². The fourth-order valence-electron chi connectivity index (χ4n) is 15.5. The standard InChI is InChI=1S/C39H54N8O12S2.C39H52N8O11S2/c1-5-28-22-39(28,41-35(48)32-21-30(23-40-32)59-38(52)46-24-26-17-18-29(44(2)3)20-27(26)25-46)37(51)43-61(57,58)45(4)19-13-9-7-6-8-10-14-31(36(49)50)42-60(55,56)34-16-12-11-15-33(34)47(53)54;1-5-28-22-39(28)37(50)42-60(56,57)44(4)19-13-9-7-6-8-10-14-31(41-59(54,55)34-16-12-11-15-32(34)47(52)53)36(49)46-25-30(21-33(46)35(48)40-39)58-38(51)45-23-26-17-18-29(43(2)3)20-27(26)24-45/h5,11-12,15-18,20,28,30-32,40,42H,1,6-10,13-14,19,21-25H2,2-4H3,(H,41,48)(H,43,51)(H,49,50);5,11-12,15-18,20,28,30-31,33,41H,1,6-10,13-14,19,21-25H2,2-4H3,(H,40,48)(H,42,50)/t28-,30-,31+,32+,39-;28-,30-,31+,33+,39-/m11/s1. The largest absolute Gasteiger partial charge is 0.480 e. The van der Waals surface area contributed by atoms with Gasteiger partial charge >= 0.3 is 38.6 Å². The van der Waals surface area contributed by atoms with E-state index in [-0.39, 0.29) is 77.8 Å². The molecule has 5 heterocycles. The fourth-order valence-corrected chi connectivity index (χ4v) is 20.2. The van der Waals surface area contributed by atoms with Crippen LogP contribution in [0, 0.1) is 32.1 Å². The maximum atomic E-state index is 14.7. The van der Waals surface area contributed by atoms with Crippen molar-refractivity contribution < 1.29 is 96.5 Å². The molecule has 4 aromatic rings. The van der Waals surface area contributed by atoms with Gasteiger partial charge in [0.1, 0.15) is 41.4 Å². The summed E-state index contributed by atoms with van der Waals surface area (Å²) in [5.41, 5.74) is 1.28. The predicted molar refractivity (Wildman–Crippen MR) is 442 cm³/mol. The number of fused-ring (bicyclic) bond motifs is 3. The number of para-hydroxylation sites is 2. The Balaban J connectivity index is 0.000000254. The topological polar surface area (TPSA) is 505 Å². The summed E-state index contributed by atoms with van der Waals surface area (Å²) in [7, 11) is -7.42. The highest BCUT2D eigenvalue weighted by molar-refractivity contribution is 7.90. The lowest BCUT2D eigenvalue weighted by Crippen LogP contribution is -2.58. The summed E-state index contributed by atoms with van der Waals surface area (Å²) in [5, 5.41) is 41.1. The number of anilines is 2. The third kappa shape index (κ3) is 22.7. The number of benzene rings is 4. The normalized spacial score (nSPS) is 24.0. The maximum absolute atomic E-state index is 14.7. The van der Waals surface area contributed by atoms with Gasteiger partial charge in [-0.1, -0.05) is 113 Å². The first-order valence-electron chi connectivity index (χ1n) is 39.9. The molecule has 5 fully saturated rings. The zero-order chi connectivity index (χ0) is 88.3. The number of carbonyl (C=O) groups excluding carboxylic acids is 7. The number of carbonyl (C=O) groups is 8. The number of rotatable bonds is 29. The molecule has 3 saturated heterocycles. The van der Waals surface area contributed by atoms with Crippen molar-refractivity contribution in [3.8, 4) is 0 Å². The van der Waals surface area contributed by atoms with Gasteiger partial charge in [-0.2, -0.15) is 34.9 Å². The van der Waals surface area contributed by atoms with E-state index in [4.69, 9.17) is 9.47 Å². The van der Waals surface area contributed by atoms with E-state index in [1.54, 1.807) is 4.90 Å². The van der Waals surface area contributed by atoms with Crippen molar-refractivity contribution >= 4 is 111 Å². The molecule has 2 aliphatic carbocycles. The van der Waals surface area contributed by atoms with Crippen LogP contribution >= 0.6 is 0 Å². The molecule has 7 amide bonds. The number of nitrogens with zero attached hydrogens (tertiary/aromatic N) is 9. The number of ether oxygens (including phenoxy) is 2. The number of unbranched alkanes of at least 4 members (excludes halogenated alkanes) is 5. The third-order valence-electron chi connectivity index (χ3n) is 22.9. The minimum absolute atomic E-state index is 0.00965. The Morgan fingerprint density at radius 3 is 1.76 bits per heavy atom. The Hall–Kier alpha value is -10.3. The molecule has 5 aliphatic heterocycles. The second kappa shape index (κ2) is 39.3. The molecule has 660 valence electrons. The molecule has 8 N–H and O–H groups in total. The summed E-state index contributed by atoms with van der Waals surface area (Å²) < 4.78 is 128. The second-order valence-corrected chi connectivity index (χ2v) is 38.8. The number of nitro benzene ring substituents is 2. The first-order valence-corrected chi connectivity index (χ1v) is 45.7. The van der Waals surface area contributed by atoms with Crippen molar-refractivity contribution in [2.45, 2.75) is 199 Å². The van der Waals surface area contributed by atoms with Gasteiger partial charge in [0, 0.05) is 136 Å². The second-order valence-electron chi connectivity index (χ2n) is 31.8. The first-order chi connectivity index (χ1) is 57.1. The minimum Gasteiger partial charge on any atom is -0.480 e. The Bertz CT molecular complexity index is 5100. The molecular weight excluding hydrogens is 1660 g/mol. The van der Waals surface area contributed by atoms with E-state index in [1.807, 2.05) is 79.1 Å². The van der Waals surface area contributed by atoms with Crippen LogP contribution in [-0.2, 0) is 105 Å². The van der Waals surface area contributed by atoms with Crippen LogP contribution in [0.25, 0.3) is 0 Å². The molecule has 39 nitrogen and oxygen atoms in total. The van der Waals surface area contributed by atoms with Crippen molar-refractivity contribution in [3.63, 3.8) is 0 Å². The monoisotopic (exact) mass is 1760 g/mol. The number of nitro groups is 2. The third-order valence-corrected chi connectivity index (χ3v) is 28.8. The van der Waals surface area contributed by atoms with Gasteiger partial charge in [-0.15, -0.1) is 13.2 Å². The van der Waals surface area contributed by atoms with Crippen molar-refractivity contribution in [2.24, 2.45) is 11.8 Å². The van der Waals surface area contributed by atoms with E-state index in [0.29, 0.717) is 90.1 Å². The lowest BCUT2D eigenvalue weighted by molar-refractivity contribution is -0.388. The Kier molecular flexibility index (Phi) is 30.2. The highest BCUT2D eigenvalue weighted by Gasteiger charge is 2.63. The van der Waals surface area contributed by atoms with Crippen molar-refractivity contribution in [3.05, 3.63) is 153 Å². The number of amides is 7. The highest BCUT2D eigenvalue weighted by Crippen LogP contribution is 2.47. The molecule has 7 aliphatic rings. The smallest absolute Gasteiger partial charge is 0.410 e. The maximum Gasteiger partial charge on any atom is 0.410 e. The quantitative estimate of drug-likeness (QED) is 0.0155. The van der Waals surface area contributed by atoms with Crippen LogP contribution in [-0.4, -0.2) is 236 Å². The van der Waals surface area contributed by atoms with Crippen LogP contribution in [0.3, 0.4) is 0 Å². The number of carboxylic acids is 1. The molecule has 2 saturated carbocycles. The lowest BCUT2D eigenvalue weighted by Gasteiger charge is -2.30. The summed E-state index contributed by atoms with van der Waals surface area (Å²) in [6.45, 7) is 8.89. The summed E-state index contributed by atoms with van der Waals surface area (Å²) in [4.78, 5) is 136. The van der Waals surface area contributed by atoms with Gasteiger partial charge in [0.05, 0.1) is 22.4 Å². The summed E-state index contributed by atoms with van der Waals surface area (Å²) in [5.74, 6) is -6.73. The molecule has 0 aromatic heterocycles. The number of aliphatic carboxylic acids is 1. The Morgan fingerprint density at radius 1 is 0.686 bits per heavy atom. The number of carboxylic acid groups (broad SMARTS) is 1. The van der Waals surface area contributed by atoms with E-state index >= 15 is 0 Å². The van der Waals surface area contributed by atoms with Gasteiger partial charge < -0.3 is 45.2 Å². The van der Waals surface area contributed by atoms with E-state index in [9.17, 15) is 97.4 Å². The zero-order valence-corrected chi connectivity index (χ0v) is 71.5. The molecule has 0 bridgehead atoms.